The van der Waals surface area contributed by atoms with Crippen LogP contribution in [0.4, 0.5) is 0 Å². The van der Waals surface area contributed by atoms with Crippen molar-refractivity contribution in [3.05, 3.63) is 78.1 Å². The van der Waals surface area contributed by atoms with Crippen LogP contribution in [0, 0.1) is 5.92 Å². The maximum absolute atomic E-state index is 13.0. The average Bonchev–Trinajstić information content (AvgIpc) is 2.79. The van der Waals surface area contributed by atoms with Crippen LogP contribution < -0.4 is 5.32 Å². The Bertz CT molecular complexity index is 990. The summed E-state index contributed by atoms with van der Waals surface area (Å²) in [6.45, 7) is 1.84. The number of likely N-dealkylation sites (tertiary alicyclic amines) is 1. The van der Waals surface area contributed by atoms with Gasteiger partial charge in [-0.05, 0) is 47.7 Å². The zero-order valence-electron chi connectivity index (χ0n) is 16.4. The topological polar surface area (TPSA) is 62.3 Å². The molecule has 5 heteroatoms. The van der Waals surface area contributed by atoms with Gasteiger partial charge in [-0.1, -0.05) is 42.5 Å². The zero-order valence-corrected chi connectivity index (χ0v) is 16.4. The standard InChI is InChI=1S/C24H25N3O2/c28-23(26-14-10-18-5-4-13-25-17-18)20-11-15-27(16-12-20)24(29)22-9-3-7-19-6-1-2-8-21(19)22/h1-9,13,17,20H,10-12,14-16H2,(H,26,28). The molecular weight excluding hydrogens is 362 g/mol. The monoisotopic (exact) mass is 387 g/mol. The van der Waals surface area contributed by atoms with Crippen LogP contribution in [-0.4, -0.2) is 41.3 Å². The molecule has 0 bridgehead atoms. The second-order valence-corrected chi connectivity index (χ2v) is 7.50. The molecule has 148 valence electrons. The third-order valence-electron chi connectivity index (χ3n) is 5.61. The van der Waals surface area contributed by atoms with Gasteiger partial charge in [0.25, 0.3) is 5.91 Å². The van der Waals surface area contributed by atoms with E-state index in [1.54, 1.807) is 6.20 Å². The van der Waals surface area contributed by atoms with Gasteiger partial charge in [0.2, 0.25) is 5.91 Å². The molecule has 0 radical (unpaired) electrons. The smallest absolute Gasteiger partial charge is 0.254 e. The van der Waals surface area contributed by atoms with Crippen LogP contribution in [0.2, 0.25) is 0 Å². The molecule has 1 aromatic heterocycles. The predicted molar refractivity (Wildman–Crippen MR) is 114 cm³/mol. The first-order valence-corrected chi connectivity index (χ1v) is 10.2. The van der Waals surface area contributed by atoms with Crippen LogP contribution in [0.1, 0.15) is 28.8 Å². The lowest BCUT2D eigenvalue weighted by Gasteiger charge is -2.31. The highest BCUT2D eigenvalue weighted by Crippen LogP contribution is 2.23. The number of nitrogens with zero attached hydrogens (tertiary/aromatic N) is 2. The second-order valence-electron chi connectivity index (χ2n) is 7.50. The number of aromatic nitrogens is 1. The first kappa shape index (κ1) is 19.1. The maximum atomic E-state index is 13.0. The van der Waals surface area contributed by atoms with Crippen molar-refractivity contribution in [1.82, 2.24) is 15.2 Å². The molecule has 1 N–H and O–H groups in total. The average molecular weight is 387 g/mol. The number of hydrogen-bond donors (Lipinski definition) is 1. The quantitative estimate of drug-likeness (QED) is 0.729. The molecule has 0 spiro atoms. The number of hydrogen-bond acceptors (Lipinski definition) is 3. The van der Waals surface area contributed by atoms with Crippen molar-refractivity contribution in [2.24, 2.45) is 5.92 Å². The molecule has 0 unspecified atom stereocenters. The molecule has 0 aliphatic carbocycles. The molecule has 1 saturated heterocycles. The molecule has 0 atom stereocenters. The van der Waals surface area contributed by atoms with Gasteiger partial charge in [-0.2, -0.15) is 0 Å². The van der Waals surface area contributed by atoms with Crippen molar-refractivity contribution >= 4 is 22.6 Å². The van der Waals surface area contributed by atoms with Gasteiger partial charge in [-0.25, -0.2) is 0 Å². The Kier molecular flexibility index (Phi) is 5.84. The van der Waals surface area contributed by atoms with E-state index < -0.39 is 0 Å². The van der Waals surface area contributed by atoms with E-state index in [0.29, 0.717) is 32.5 Å². The fraction of sp³-hybridized carbons (Fsp3) is 0.292. The molecule has 3 aromatic rings. The molecule has 5 nitrogen and oxygen atoms in total. The Hall–Kier alpha value is -3.21. The first-order valence-electron chi connectivity index (χ1n) is 10.2. The molecule has 0 saturated carbocycles. The van der Waals surface area contributed by atoms with Crippen molar-refractivity contribution in [1.29, 1.82) is 0 Å². The number of benzene rings is 2. The summed E-state index contributed by atoms with van der Waals surface area (Å²) < 4.78 is 0. The Morgan fingerprint density at radius 2 is 1.79 bits per heavy atom. The molecule has 2 amide bonds. The fourth-order valence-corrected chi connectivity index (χ4v) is 3.95. The molecular formula is C24H25N3O2. The van der Waals surface area contributed by atoms with Crippen molar-refractivity contribution in [2.45, 2.75) is 19.3 Å². The lowest BCUT2D eigenvalue weighted by Crippen LogP contribution is -2.43. The van der Waals surface area contributed by atoms with E-state index >= 15 is 0 Å². The second kappa shape index (κ2) is 8.86. The van der Waals surface area contributed by atoms with Crippen molar-refractivity contribution in [3.8, 4) is 0 Å². The van der Waals surface area contributed by atoms with E-state index in [1.807, 2.05) is 65.7 Å². The van der Waals surface area contributed by atoms with Crippen LogP contribution in [0.25, 0.3) is 10.8 Å². The third kappa shape index (κ3) is 4.45. The summed E-state index contributed by atoms with van der Waals surface area (Å²) in [6, 6.07) is 17.7. The molecule has 29 heavy (non-hydrogen) atoms. The van der Waals surface area contributed by atoms with E-state index in [9.17, 15) is 9.59 Å². The Morgan fingerprint density at radius 3 is 2.59 bits per heavy atom. The van der Waals surface area contributed by atoms with Gasteiger partial charge >= 0.3 is 0 Å². The van der Waals surface area contributed by atoms with Crippen LogP contribution in [0.3, 0.4) is 0 Å². The van der Waals surface area contributed by atoms with Gasteiger partial charge < -0.3 is 10.2 Å². The van der Waals surface area contributed by atoms with Crippen LogP contribution in [0.5, 0.6) is 0 Å². The molecule has 1 fully saturated rings. The Labute approximate surface area is 170 Å². The molecule has 2 heterocycles. The van der Waals surface area contributed by atoms with Gasteiger partial charge in [0.15, 0.2) is 0 Å². The fourth-order valence-electron chi connectivity index (χ4n) is 3.95. The minimum absolute atomic E-state index is 0.0273. The van der Waals surface area contributed by atoms with Gasteiger partial charge in [0.05, 0.1) is 0 Å². The third-order valence-corrected chi connectivity index (χ3v) is 5.61. The largest absolute Gasteiger partial charge is 0.356 e. The number of piperidine rings is 1. The van der Waals surface area contributed by atoms with E-state index in [-0.39, 0.29) is 17.7 Å². The molecule has 2 aromatic carbocycles. The number of amides is 2. The maximum Gasteiger partial charge on any atom is 0.254 e. The minimum atomic E-state index is -0.0273. The van der Waals surface area contributed by atoms with Crippen molar-refractivity contribution in [3.63, 3.8) is 0 Å². The summed E-state index contributed by atoms with van der Waals surface area (Å²) in [7, 11) is 0. The number of fused-ring (bicyclic) bond motifs is 1. The molecule has 1 aliphatic rings. The normalized spacial score (nSPS) is 14.7. The van der Waals surface area contributed by atoms with Gasteiger partial charge in [-0.15, -0.1) is 0 Å². The van der Waals surface area contributed by atoms with E-state index in [0.717, 1.165) is 28.3 Å². The van der Waals surface area contributed by atoms with Gasteiger partial charge in [0, 0.05) is 43.5 Å². The number of pyridine rings is 1. The van der Waals surface area contributed by atoms with Crippen molar-refractivity contribution < 1.29 is 9.59 Å². The highest BCUT2D eigenvalue weighted by atomic mass is 16.2. The SMILES string of the molecule is O=C(NCCc1cccnc1)C1CCN(C(=O)c2cccc3ccccc23)CC1. The summed E-state index contributed by atoms with van der Waals surface area (Å²) in [5.74, 6) is 0.115. The summed E-state index contributed by atoms with van der Waals surface area (Å²) in [4.78, 5) is 31.5. The highest BCUT2D eigenvalue weighted by Gasteiger charge is 2.28. The summed E-state index contributed by atoms with van der Waals surface area (Å²) in [5, 5.41) is 5.08. The van der Waals surface area contributed by atoms with E-state index in [1.165, 1.54) is 0 Å². The van der Waals surface area contributed by atoms with E-state index in [2.05, 4.69) is 10.3 Å². The Balaban J connectivity index is 1.30. The minimum Gasteiger partial charge on any atom is -0.356 e. The number of carbonyl (C=O) groups excluding carboxylic acids is 2. The van der Waals surface area contributed by atoms with Crippen LogP contribution in [-0.2, 0) is 11.2 Å². The van der Waals surface area contributed by atoms with Crippen LogP contribution in [0.15, 0.2) is 67.0 Å². The number of nitrogens with one attached hydrogen (secondary N) is 1. The first-order chi connectivity index (χ1) is 14.2. The molecule has 4 rings (SSSR count). The predicted octanol–water partition coefficient (Wildman–Crippen LogP) is 3.45. The van der Waals surface area contributed by atoms with Gasteiger partial charge in [0.1, 0.15) is 0 Å². The Morgan fingerprint density at radius 1 is 1.00 bits per heavy atom. The summed E-state index contributed by atoms with van der Waals surface area (Å²) in [6.07, 6.45) is 5.75. The summed E-state index contributed by atoms with van der Waals surface area (Å²) >= 11 is 0. The molecule has 1 aliphatic heterocycles. The van der Waals surface area contributed by atoms with Gasteiger partial charge in [-0.3, -0.25) is 14.6 Å². The lowest BCUT2D eigenvalue weighted by atomic mass is 9.94. The van der Waals surface area contributed by atoms with Crippen LogP contribution >= 0.6 is 0 Å². The lowest BCUT2D eigenvalue weighted by molar-refractivity contribution is -0.126. The number of rotatable bonds is 5. The number of carbonyl (C=O) groups is 2. The van der Waals surface area contributed by atoms with E-state index in [4.69, 9.17) is 0 Å². The van der Waals surface area contributed by atoms with Crippen molar-refractivity contribution in [2.75, 3.05) is 19.6 Å². The zero-order chi connectivity index (χ0) is 20.1. The highest BCUT2D eigenvalue weighted by molar-refractivity contribution is 6.07. The summed E-state index contributed by atoms with van der Waals surface area (Å²) in [5.41, 5.74) is 1.85.